The van der Waals surface area contributed by atoms with Crippen LogP contribution in [0.5, 0.6) is 5.75 Å². The molecule has 3 aliphatic heterocycles. The molecule has 9 nitrogen and oxygen atoms in total. The number of rotatable bonds is 5. The number of hydrogen-bond donors (Lipinski definition) is 1. The molecule has 0 bridgehead atoms. The van der Waals surface area contributed by atoms with Gasteiger partial charge in [0.1, 0.15) is 12.4 Å². The summed E-state index contributed by atoms with van der Waals surface area (Å²) in [5.41, 5.74) is 2.81. The van der Waals surface area contributed by atoms with Crippen LogP contribution >= 0.6 is 0 Å². The quantitative estimate of drug-likeness (QED) is 0.710. The molecule has 35 heavy (non-hydrogen) atoms. The molecule has 1 amide bonds. The summed E-state index contributed by atoms with van der Waals surface area (Å²) in [6.07, 6.45) is 9.11. The van der Waals surface area contributed by atoms with Gasteiger partial charge < -0.3 is 24.5 Å². The molecule has 2 aromatic rings. The van der Waals surface area contributed by atoms with Crippen LogP contribution in [-0.4, -0.2) is 77.4 Å². The molecule has 182 valence electrons. The van der Waals surface area contributed by atoms with Gasteiger partial charge in [0.25, 0.3) is 5.91 Å². The van der Waals surface area contributed by atoms with E-state index in [-0.39, 0.29) is 23.6 Å². The monoisotopic (exact) mass is 475 g/mol. The molecule has 3 aliphatic rings. The first kappa shape index (κ1) is 22.9. The van der Waals surface area contributed by atoms with Crippen molar-refractivity contribution in [2.45, 2.75) is 31.3 Å². The summed E-state index contributed by atoms with van der Waals surface area (Å²) in [6, 6.07) is 9.67. The maximum atomic E-state index is 13.4. The maximum Gasteiger partial charge on any atom is 0.338 e. The molecule has 4 heterocycles. The Morgan fingerprint density at radius 2 is 1.89 bits per heavy atom. The molecule has 9 heteroatoms. The zero-order chi connectivity index (χ0) is 24.4. The normalized spacial score (nSPS) is 20.0. The third kappa shape index (κ3) is 4.71. The molecular formula is C26H29N5O4. The summed E-state index contributed by atoms with van der Waals surface area (Å²) < 4.78 is 5.85. The first-order valence-corrected chi connectivity index (χ1v) is 11.9. The third-order valence-electron chi connectivity index (χ3n) is 7.05. The first-order chi connectivity index (χ1) is 17.0. The van der Waals surface area contributed by atoms with Crippen molar-refractivity contribution in [3.63, 3.8) is 0 Å². The minimum atomic E-state index is -1.01. The standard InChI is InChI=1S/C26H29N5O4/c1-29(20-6-11-30(12-7-20)21-4-9-27-10-5-21)25(32)18-2-3-24-22(14-18)23(8-13-35-24)31-16-19(26(33)34)15-28-17-31/h2-5,9-10,14-16,20,23H,6-8,11-13,17H2,1H3,(H,33,34). The van der Waals surface area contributed by atoms with Crippen LogP contribution < -0.4 is 9.64 Å². The lowest BCUT2D eigenvalue weighted by Gasteiger charge is -2.38. The SMILES string of the molecule is CN(C(=O)c1ccc2c(c1)C(N1C=C(C(=O)O)C=NC1)CCO2)C1CCN(c2ccncc2)CC1. The minimum absolute atomic E-state index is 0.0158. The number of ether oxygens (including phenoxy) is 1. The van der Waals surface area contributed by atoms with Gasteiger partial charge >= 0.3 is 5.97 Å². The van der Waals surface area contributed by atoms with Gasteiger partial charge in [0, 0.05) is 74.2 Å². The second-order valence-electron chi connectivity index (χ2n) is 9.10. The van der Waals surface area contributed by atoms with Crippen molar-refractivity contribution in [1.29, 1.82) is 0 Å². The molecule has 0 aliphatic carbocycles. The molecular weight excluding hydrogens is 446 g/mol. The number of fused-ring (bicyclic) bond motifs is 1. The van der Waals surface area contributed by atoms with Crippen molar-refractivity contribution in [2.75, 3.05) is 38.3 Å². The molecule has 1 atom stereocenters. The fourth-order valence-electron chi connectivity index (χ4n) is 5.07. The van der Waals surface area contributed by atoms with Gasteiger partial charge in [0.05, 0.1) is 18.2 Å². The highest BCUT2D eigenvalue weighted by molar-refractivity contribution is 6.08. The van der Waals surface area contributed by atoms with Crippen LogP contribution in [0.4, 0.5) is 5.69 Å². The van der Waals surface area contributed by atoms with Crippen LogP contribution in [0.2, 0.25) is 0 Å². The van der Waals surface area contributed by atoms with E-state index >= 15 is 0 Å². The van der Waals surface area contributed by atoms with E-state index in [0.29, 0.717) is 25.3 Å². The first-order valence-electron chi connectivity index (χ1n) is 11.9. The number of carboxylic acid groups (broad SMARTS) is 1. The van der Waals surface area contributed by atoms with E-state index in [4.69, 9.17) is 4.74 Å². The topological polar surface area (TPSA) is 98.6 Å². The average molecular weight is 476 g/mol. The van der Waals surface area contributed by atoms with Crippen molar-refractivity contribution in [3.05, 3.63) is 65.6 Å². The second-order valence-corrected chi connectivity index (χ2v) is 9.10. The lowest BCUT2D eigenvalue weighted by atomic mass is 9.95. The van der Waals surface area contributed by atoms with Crippen molar-refractivity contribution in [2.24, 2.45) is 4.99 Å². The number of aliphatic carboxylic acids is 1. The summed E-state index contributed by atoms with van der Waals surface area (Å²) >= 11 is 0. The lowest BCUT2D eigenvalue weighted by molar-refractivity contribution is -0.132. The number of carboxylic acids is 1. The van der Waals surface area contributed by atoms with E-state index < -0.39 is 5.97 Å². The molecule has 0 radical (unpaired) electrons. The van der Waals surface area contributed by atoms with Gasteiger partial charge in [0.15, 0.2) is 0 Å². The number of aliphatic imine (C=N–C) groups is 1. The van der Waals surface area contributed by atoms with E-state index in [1.165, 1.54) is 6.21 Å². The minimum Gasteiger partial charge on any atom is -0.493 e. The summed E-state index contributed by atoms with van der Waals surface area (Å²) in [5.74, 6) is -0.296. The number of benzene rings is 1. The molecule has 0 saturated carbocycles. The summed E-state index contributed by atoms with van der Waals surface area (Å²) in [5, 5.41) is 9.37. The van der Waals surface area contributed by atoms with E-state index in [2.05, 4.69) is 14.9 Å². The van der Waals surface area contributed by atoms with Gasteiger partial charge in [-0.25, -0.2) is 4.79 Å². The van der Waals surface area contributed by atoms with Crippen LogP contribution in [0.1, 0.15) is 41.2 Å². The highest BCUT2D eigenvalue weighted by Crippen LogP contribution is 2.38. The largest absolute Gasteiger partial charge is 0.493 e. The van der Waals surface area contributed by atoms with E-state index in [0.717, 1.165) is 42.9 Å². The molecule has 1 N–H and O–H groups in total. The van der Waals surface area contributed by atoms with Gasteiger partial charge in [-0.3, -0.25) is 14.8 Å². The van der Waals surface area contributed by atoms with Gasteiger partial charge in [-0.2, -0.15) is 0 Å². The highest BCUT2D eigenvalue weighted by atomic mass is 16.5. The number of piperidine rings is 1. The molecule has 0 spiro atoms. The second kappa shape index (κ2) is 9.77. The number of anilines is 1. The molecule has 1 fully saturated rings. The summed E-state index contributed by atoms with van der Waals surface area (Å²) in [4.78, 5) is 39.3. The number of pyridine rings is 1. The van der Waals surface area contributed by atoms with Gasteiger partial charge in [-0.1, -0.05) is 0 Å². The van der Waals surface area contributed by atoms with Gasteiger partial charge in [-0.05, 0) is 43.2 Å². The van der Waals surface area contributed by atoms with Gasteiger partial charge in [0.2, 0.25) is 0 Å². The predicted molar refractivity (Wildman–Crippen MR) is 132 cm³/mol. The van der Waals surface area contributed by atoms with Crippen LogP contribution in [0.15, 0.2) is 59.5 Å². The smallest absolute Gasteiger partial charge is 0.338 e. The Bertz CT molecular complexity index is 1160. The fraction of sp³-hybridized carbons (Fsp3) is 0.385. The Balaban J connectivity index is 1.30. The van der Waals surface area contributed by atoms with Crippen molar-refractivity contribution < 1.29 is 19.4 Å². The van der Waals surface area contributed by atoms with Crippen LogP contribution in [0.3, 0.4) is 0 Å². The molecule has 1 unspecified atom stereocenters. The highest BCUT2D eigenvalue weighted by Gasteiger charge is 2.30. The van der Waals surface area contributed by atoms with Crippen molar-refractivity contribution in [1.82, 2.24) is 14.8 Å². The zero-order valence-electron chi connectivity index (χ0n) is 19.7. The number of amides is 1. The van der Waals surface area contributed by atoms with Crippen LogP contribution in [0.25, 0.3) is 0 Å². The van der Waals surface area contributed by atoms with E-state index in [1.54, 1.807) is 18.6 Å². The Morgan fingerprint density at radius 3 is 2.63 bits per heavy atom. The Labute approximate surface area is 204 Å². The lowest BCUT2D eigenvalue weighted by Crippen LogP contribution is -2.45. The number of nitrogens with zero attached hydrogens (tertiary/aromatic N) is 5. The molecule has 1 aromatic carbocycles. The van der Waals surface area contributed by atoms with E-state index in [9.17, 15) is 14.7 Å². The summed E-state index contributed by atoms with van der Waals surface area (Å²) in [7, 11) is 1.88. The van der Waals surface area contributed by atoms with Crippen LogP contribution in [0, 0.1) is 0 Å². The molecule has 5 rings (SSSR count). The molecule has 1 saturated heterocycles. The van der Waals surface area contributed by atoms with Crippen LogP contribution in [-0.2, 0) is 4.79 Å². The third-order valence-corrected chi connectivity index (χ3v) is 7.05. The molecule has 1 aromatic heterocycles. The van der Waals surface area contributed by atoms with Gasteiger partial charge in [-0.15, -0.1) is 0 Å². The maximum absolute atomic E-state index is 13.4. The average Bonchev–Trinajstić information content (AvgIpc) is 2.92. The number of hydrogen-bond acceptors (Lipinski definition) is 7. The number of aromatic nitrogens is 1. The number of carbonyl (C=O) groups excluding carboxylic acids is 1. The Kier molecular flexibility index (Phi) is 6.39. The van der Waals surface area contributed by atoms with Crippen molar-refractivity contribution >= 4 is 23.8 Å². The Morgan fingerprint density at radius 1 is 1.11 bits per heavy atom. The summed E-state index contributed by atoms with van der Waals surface area (Å²) in [6.45, 7) is 2.67. The zero-order valence-corrected chi connectivity index (χ0v) is 19.7. The van der Waals surface area contributed by atoms with Crippen molar-refractivity contribution in [3.8, 4) is 5.75 Å². The fourth-order valence-corrected chi connectivity index (χ4v) is 5.07. The predicted octanol–water partition coefficient (Wildman–Crippen LogP) is 2.96. The Hall–Kier alpha value is -3.88. The number of carbonyl (C=O) groups is 2. The van der Waals surface area contributed by atoms with E-state index in [1.807, 2.05) is 47.2 Å².